The van der Waals surface area contributed by atoms with Gasteiger partial charge in [-0.05, 0) is 19.1 Å². The number of aryl methyl sites for hydroxylation is 1. The van der Waals surface area contributed by atoms with Crippen molar-refractivity contribution in [1.82, 2.24) is 9.55 Å². The molecule has 2 aromatic rings. The largest absolute Gasteiger partial charge is 0.459 e. The molecule has 0 radical (unpaired) electrons. The van der Waals surface area contributed by atoms with Gasteiger partial charge in [-0.3, -0.25) is 19.1 Å². The lowest BCUT2D eigenvalue weighted by Gasteiger charge is -2.18. The molecule has 1 aromatic heterocycles. The number of rotatable bonds is 5. The van der Waals surface area contributed by atoms with Crippen molar-refractivity contribution in [3.63, 3.8) is 0 Å². The van der Waals surface area contributed by atoms with E-state index in [2.05, 4.69) is 4.98 Å². The average molecular weight is 388 g/mol. The van der Waals surface area contributed by atoms with Crippen LogP contribution in [0.4, 0.5) is 0 Å². The summed E-state index contributed by atoms with van der Waals surface area (Å²) in [6.07, 6.45) is -0.660. The number of aromatic amines is 1. The van der Waals surface area contributed by atoms with E-state index in [9.17, 15) is 19.2 Å². The van der Waals surface area contributed by atoms with Crippen LogP contribution in [0.25, 0.3) is 0 Å². The van der Waals surface area contributed by atoms with E-state index in [-0.39, 0.29) is 13.0 Å². The highest BCUT2D eigenvalue weighted by atomic mass is 16.6. The minimum Gasteiger partial charge on any atom is -0.459 e. The Kier molecular flexibility index (Phi) is 5.74. The van der Waals surface area contributed by atoms with E-state index in [1.54, 1.807) is 37.3 Å². The van der Waals surface area contributed by atoms with Crippen molar-refractivity contribution in [2.45, 2.75) is 38.7 Å². The highest BCUT2D eigenvalue weighted by molar-refractivity contribution is 5.89. The van der Waals surface area contributed by atoms with Gasteiger partial charge >= 0.3 is 17.6 Å². The van der Waals surface area contributed by atoms with Gasteiger partial charge in [0.1, 0.15) is 25.0 Å². The molecule has 1 aromatic carbocycles. The standard InChI is InChI=1S/C19H20N2O7/c1-11-9-21(19(25)20-17(11)23)16-8-14(27-12(2)22)15(28-16)10-26-18(24)13-6-4-3-5-7-13/h3-7,9,14-16H,8,10H2,1-2H3,(H,20,23,25)/t14-,15+,16+/m0/s1. The smallest absolute Gasteiger partial charge is 0.338 e. The van der Waals surface area contributed by atoms with E-state index in [0.717, 1.165) is 0 Å². The number of aromatic nitrogens is 2. The SMILES string of the molecule is CC(=O)O[C@H]1C[C@H](n2cc(C)c(=O)[nH]c2=O)O[C@@H]1COC(=O)c1ccccc1. The fourth-order valence-corrected chi connectivity index (χ4v) is 2.97. The molecule has 0 aliphatic carbocycles. The summed E-state index contributed by atoms with van der Waals surface area (Å²) >= 11 is 0. The Balaban J connectivity index is 1.75. The van der Waals surface area contributed by atoms with Crippen LogP contribution in [0.2, 0.25) is 0 Å². The molecule has 1 aliphatic heterocycles. The summed E-state index contributed by atoms with van der Waals surface area (Å²) in [7, 11) is 0. The van der Waals surface area contributed by atoms with Gasteiger partial charge in [-0.25, -0.2) is 9.59 Å². The van der Waals surface area contributed by atoms with Crippen LogP contribution in [0, 0.1) is 6.92 Å². The Bertz CT molecular complexity index is 980. The second-order valence-corrected chi connectivity index (χ2v) is 6.46. The topological polar surface area (TPSA) is 117 Å². The van der Waals surface area contributed by atoms with E-state index < -0.39 is 41.6 Å². The molecule has 0 spiro atoms. The molecule has 2 heterocycles. The molecule has 28 heavy (non-hydrogen) atoms. The Hall–Kier alpha value is -3.20. The second kappa shape index (κ2) is 8.22. The van der Waals surface area contributed by atoms with Crippen LogP contribution in [0.15, 0.2) is 46.1 Å². The maximum absolute atomic E-state index is 12.1. The van der Waals surface area contributed by atoms with Crippen molar-refractivity contribution in [2.24, 2.45) is 0 Å². The first-order valence-electron chi connectivity index (χ1n) is 8.72. The van der Waals surface area contributed by atoms with Gasteiger partial charge in [-0.1, -0.05) is 18.2 Å². The molecule has 3 atom stereocenters. The third-order valence-corrected chi connectivity index (χ3v) is 4.34. The summed E-state index contributed by atoms with van der Waals surface area (Å²) in [6.45, 7) is 2.67. The highest BCUT2D eigenvalue weighted by Crippen LogP contribution is 2.30. The molecule has 9 nitrogen and oxygen atoms in total. The van der Waals surface area contributed by atoms with Crippen LogP contribution in [-0.4, -0.2) is 40.3 Å². The van der Waals surface area contributed by atoms with Crippen molar-refractivity contribution in [3.05, 3.63) is 68.5 Å². The monoisotopic (exact) mass is 388 g/mol. The fourth-order valence-electron chi connectivity index (χ4n) is 2.97. The maximum atomic E-state index is 12.1. The first-order valence-corrected chi connectivity index (χ1v) is 8.72. The average Bonchev–Trinajstić information content (AvgIpc) is 3.05. The first kappa shape index (κ1) is 19.6. The number of H-pyrrole nitrogens is 1. The van der Waals surface area contributed by atoms with Crippen molar-refractivity contribution in [3.8, 4) is 0 Å². The molecule has 3 rings (SSSR count). The normalized spacial score (nSPS) is 21.3. The van der Waals surface area contributed by atoms with Gasteiger partial charge in [-0.2, -0.15) is 0 Å². The Morgan fingerprint density at radius 2 is 1.96 bits per heavy atom. The number of benzene rings is 1. The van der Waals surface area contributed by atoms with E-state index in [0.29, 0.717) is 11.1 Å². The summed E-state index contributed by atoms with van der Waals surface area (Å²) in [6, 6.07) is 8.44. The number of hydrogen-bond acceptors (Lipinski definition) is 7. The highest BCUT2D eigenvalue weighted by Gasteiger charge is 2.39. The Morgan fingerprint density at radius 1 is 1.25 bits per heavy atom. The van der Waals surface area contributed by atoms with Crippen LogP contribution in [-0.2, 0) is 19.0 Å². The van der Waals surface area contributed by atoms with Crippen molar-refractivity contribution in [1.29, 1.82) is 0 Å². The summed E-state index contributed by atoms with van der Waals surface area (Å²) < 4.78 is 17.6. The van der Waals surface area contributed by atoms with Crippen LogP contribution < -0.4 is 11.2 Å². The molecule has 1 N–H and O–H groups in total. The van der Waals surface area contributed by atoms with Crippen molar-refractivity contribution >= 4 is 11.9 Å². The minimum atomic E-state index is -0.771. The van der Waals surface area contributed by atoms with Gasteiger partial charge in [0.2, 0.25) is 0 Å². The number of nitrogens with one attached hydrogen (secondary N) is 1. The van der Waals surface area contributed by atoms with Crippen molar-refractivity contribution in [2.75, 3.05) is 6.61 Å². The van der Waals surface area contributed by atoms with Crippen LogP contribution in [0.1, 0.15) is 35.5 Å². The molecule has 1 fully saturated rings. The molecule has 148 valence electrons. The number of hydrogen-bond donors (Lipinski definition) is 1. The lowest BCUT2D eigenvalue weighted by Crippen LogP contribution is -2.33. The summed E-state index contributed by atoms with van der Waals surface area (Å²) in [5, 5.41) is 0. The zero-order chi connectivity index (χ0) is 20.3. The van der Waals surface area contributed by atoms with Crippen LogP contribution in [0.3, 0.4) is 0 Å². The molecule has 1 saturated heterocycles. The lowest BCUT2D eigenvalue weighted by molar-refractivity contribution is -0.150. The van der Waals surface area contributed by atoms with Gasteiger partial charge in [0.25, 0.3) is 5.56 Å². The van der Waals surface area contributed by atoms with E-state index in [1.165, 1.54) is 17.7 Å². The quantitative estimate of drug-likeness (QED) is 0.757. The molecule has 0 unspecified atom stereocenters. The Morgan fingerprint density at radius 3 is 2.64 bits per heavy atom. The van der Waals surface area contributed by atoms with E-state index in [4.69, 9.17) is 14.2 Å². The van der Waals surface area contributed by atoms with Gasteiger partial charge in [-0.15, -0.1) is 0 Å². The summed E-state index contributed by atoms with van der Waals surface area (Å²) in [5.74, 6) is -1.05. The maximum Gasteiger partial charge on any atom is 0.338 e. The molecule has 0 saturated carbocycles. The summed E-state index contributed by atoms with van der Waals surface area (Å²) in [5.41, 5.74) is -0.395. The number of nitrogens with zero attached hydrogens (tertiary/aromatic N) is 1. The number of esters is 2. The molecular formula is C19H20N2O7. The Labute approximate surface area is 159 Å². The number of carbonyl (C=O) groups is 2. The lowest BCUT2D eigenvalue weighted by atomic mass is 10.2. The molecule has 0 bridgehead atoms. The predicted octanol–water partition coefficient (Wildman–Crippen LogP) is 0.921. The molecular weight excluding hydrogens is 368 g/mol. The minimum absolute atomic E-state index is 0.154. The van der Waals surface area contributed by atoms with Crippen molar-refractivity contribution < 1.29 is 23.8 Å². The van der Waals surface area contributed by atoms with Gasteiger partial charge in [0.15, 0.2) is 0 Å². The van der Waals surface area contributed by atoms with Crippen LogP contribution in [0.5, 0.6) is 0 Å². The third-order valence-electron chi connectivity index (χ3n) is 4.34. The fraction of sp³-hybridized carbons (Fsp3) is 0.368. The zero-order valence-corrected chi connectivity index (χ0v) is 15.4. The summed E-state index contributed by atoms with van der Waals surface area (Å²) in [4.78, 5) is 49.4. The van der Waals surface area contributed by atoms with Gasteiger partial charge < -0.3 is 14.2 Å². The van der Waals surface area contributed by atoms with Gasteiger partial charge in [0, 0.05) is 25.1 Å². The van der Waals surface area contributed by atoms with E-state index in [1.807, 2.05) is 0 Å². The third kappa shape index (κ3) is 4.37. The first-order chi connectivity index (χ1) is 13.3. The second-order valence-electron chi connectivity index (χ2n) is 6.46. The predicted molar refractivity (Wildman–Crippen MR) is 96.9 cm³/mol. The zero-order valence-electron chi connectivity index (χ0n) is 15.4. The number of carbonyl (C=O) groups excluding carboxylic acids is 2. The van der Waals surface area contributed by atoms with Gasteiger partial charge in [0.05, 0.1) is 5.56 Å². The molecule has 1 aliphatic rings. The van der Waals surface area contributed by atoms with Crippen LogP contribution >= 0.6 is 0 Å². The number of ether oxygens (including phenoxy) is 3. The molecule has 0 amide bonds. The molecule has 9 heteroatoms. The van der Waals surface area contributed by atoms with E-state index >= 15 is 0 Å².